The summed E-state index contributed by atoms with van der Waals surface area (Å²) in [6.45, 7) is 5.94. The van der Waals surface area contributed by atoms with Crippen molar-refractivity contribution >= 4 is 35.7 Å². The number of primary amides is 1. The second-order valence-corrected chi connectivity index (χ2v) is 11.1. The Bertz CT molecular complexity index is 1160. The molecule has 3 rings (SSSR count). The van der Waals surface area contributed by atoms with Crippen LogP contribution in [0.3, 0.4) is 0 Å². The van der Waals surface area contributed by atoms with Crippen molar-refractivity contribution in [2.75, 3.05) is 6.61 Å². The van der Waals surface area contributed by atoms with Gasteiger partial charge in [-0.25, -0.2) is 4.79 Å². The molecule has 35 heavy (non-hydrogen) atoms. The third-order valence-corrected chi connectivity index (χ3v) is 7.37. The van der Waals surface area contributed by atoms with E-state index in [0.717, 1.165) is 21.6 Å². The summed E-state index contributed by atoms with van der Waals surface area (Å²) in [6, 6.07) is 22.5. The molecular weight excluding hydrogens is 482 g/mol. The van der Waals surface area contributed by atoms with Gasteiger partial charge < -0.3 is 15.6 Å². The van der Waals surface area contributed by atoms with Crippen molar-refractivity contribution in [3.8, 4) is 0 Å². The summed E-state index contributed by atoms with van der Waals surface area (Å²) in [4.78, 5) is 24.3. The number of carbonyl (C=O) groups is 2. The maximum absolute atomic E-state index is 12.0. The van der Waals surface area contributed by atoms with Gasteiger partial charge in [0.05, 0.1) is 5.60 Å². The van der Waals surface area contributed by atoms with E-state index in [1.54, 1.807) is 36.0 Å². The van der Waals surface area contributed by atoms with Crippen molar-refractivity contribution in [2.45, 2.75) is 48.5 Å². The van der Waals surface area contributed by atoms with Crippen molar-refractivity contribution in [3.63, 3.8) is 0 Å². The SMILES string of the molecule is CC(C)(C)[C@](O)(CC(COC(N)=O)c1ccc(Sc2ccc(C=O)cc2)cc1)c1cccc(Cl)c1. The lowest BCUT2D eigenvalue weighted by atomic mass is 9.67. The molecule has 5 nitrogen and oxygen atoms in total. The highest BCUT2D eigenvalue weighted by Gasteiger charge is 2.43. The number of aliphatic hydroxyl groups is 1. The van der Waals surface area contributed by atoms with E-state index in [-0.39, 0.29) is 12.5 Å². The van der Waals surface area contributed by atoms with Crippen molar-refractivity contribution in [2.24, 2.45) is 11.1 Å². The van der Waals surface area contributed by atoms with E-state index < -0.39 is 17.1 Å². The number of rotatable bonds is 9. The minimum atomic E-state index is -1.25. The van der Waals surface area contributed by atoms with Crippen molar-refractivity contribution in [3.05, 3.63) is 94.5 Å². The predicted octanol–water partition coefficient (Wildman–Crippen LogP) is 6.81. The van der Waals surface area contributed by atoms with Gasteiger partial charge in [-0.3, -0.25) is 4.79 Å². The second-order valence-electron chi connectivity index (χ2n) is 9.51. The topological polar surface area (TPSA) is 89.6 Å². The zero-order valence-electron chi connectivity index (χ0n) is 20.0. The smallest absolute Gasteiger partial charge is 0.404 e. The average molecular weight is 512 g/mol. The van der Waals surface area contributed by atoms with Gasteiger partial charge >= 0.3 is 6.09 Å². The number of benzene rings is 3. The molecule has 1 unspecified atom stereocenters. The molecule has 3 N–H and O–H groups in total. The first kappa shape index (κ1) is 26.8. The van der Waals surface area contributed by atoms with Crippen molar-refractivity contribution in [1.82, 2.24) is 0 Å². The van der Waals surface area contributed by atoms with Gasteiger partial charge in [0.15, 0.2) is 0 Å². The molecule has 0 heterocycles. The molecule has 1 amide bonds. The molecule has 0 saturated heterocycles. The lowest BCUT2D eigenvalue weighted by Gasteiger charge is -2.43. The van der Waals surface area contributed by atoms with Crippen LogP contribution in [0.2, 0.25) is 5.02 Å². The minimum absolute atomic E-state index is 0.0357. The van der Waals surface area contributed by atoms with E-state index in [9.17, 15) is 14.7 Å². The predicted molar refractivity (Wildman–Crippen MR) is 140 cm³/mol. The zero-order chi connectivity index (χ0) is 25.6. The monoisotopic (exact) mass is 511 g/mol. The molecule has 0 spiro atoms. The number of nitrogens with two attached hydrogens (primary N) is 1. The molecule has 2 atom stereocenters. The van der Waals surface area contributed by atoms with E-state index in [4.69, 9.17) is 22.1 Å². The van der Waals surface area contributed by atoms with Crippen LogP contribution in [0.1, 0.15) is 54.6 Å². The minimum Gasteiger partial charge on any atom is -0.449 e. The highest BCUT2D eigenvalue weighted by molar-refractivity contribution is 7.99. The highest BCUT2D eigenvalue weighted by Crippen LogP contribution is 2.46. The second kappa shape index (κ2) is 11.3. The van der Waals surface area contributed by atoms with Crippen LogP contribution >= 0.6 is 23.4 Å². The number of hydrogen-bond donors (Lipinski definition) is 2. The van der Waals surface area contributed by atoms with Crippen molar-refractivity contribution in [1.29, 1.82) is 0 Å². The summed E-state index contributed by atoms with van der Waals surface area (Å²) in [5, 5.41) is 12.5. The molecule has 7 heteroatoms. The van der Waals surface area contributed by atoms with E-state index >= 15 is 0 Å². The van der Waals surface area contributed by atoms with Gasteiger partial charge in [0, 0.05) is 26.3 Å². The van der Waals surface area contributed by atoms with E-state index in [0.29, 0.717) is 22.6 Å². The van der Waals surface area contributed by atoms with Crippen LogP contribution < -0.4 is 5.73 Å². The molecule has 184 valence electrons. The first-order valence-corrected chi connectivity index (χ1v) is 12.4. The molecule has 0 aliphatic heterocycles. The highest BCUT2D eigenvalue weighted by atomic mass is 35.5. The molecule has 0 aromatic heterocycles. The maximum atomic E-state index is 12.0. The number of ether oxygens (including phenoxy) is 1. The van der Waals surface area contributed by atoms with Crippen LogP contribution in [-0.2, 0) is 10.3 Å². The summed E-state index contributed by atoms with van der Waals surface area (Å²) in [6.07, 6.45) is 0.256. The summed E-state index contributed by atoms with van der Waals surface area (Å²) in [5.41, 5.74) is 5.72. The third kappa shape index (κ3) is 6.88. The number of hydrogen-bond acceptors (Lipinski definition) is 5. The lowest BCUT2D eigenvalue weighted by Crippen LogP contribution is -2.42. The average Bonchev–Trinajstić information content (AvgIpc) is 2.82. The Morgan fingerprint density at radius 3 is 2.17 bits per heavy atom. The Labute approximate surface area is 215 Å². The molecule has 0 bridgehead atoms. The van der Waals surface area contributed by atoms with Gasteiger partial charge in [-0.2, -0.15) is 0 Å². The maximum Gasteiger partial charge on any atom is 0.404 e. The number of halogens is 1. The van der Waals surface area contributed by atoms with Crippen LogP contribution in [0.4, 0.5) is 4.79 Å². The Morgan fingerprint density at radius 1 is 1.06 bits per heavy atom. The van der Waals surface area contributed by atoms with Gasteiger partial charge in [0.1, 0.15) is 12.9 Å². The van der Waals surface area contributed by atoms with Gasteiger partial charge in [-0.15, -0.1) is 0 Å². The number of aldehydes is 1. The Balaban J connectivity index is 1.89. The first-order chi connectivity index (χ1) is 16.5. The van der Waals surface area contributed by atoms with Gasteiger partial charge in [0.25, 0.3) is 0 Å². The number of carbonyl (C=O) groups excluding carboxylic acids is 2. The van der Waals surface area contributed by atoms with Gasteiger partial charge in [0.2, 0.25) is 0 Å². The fraction of sp³-hybridized carbons (Fsp3) is 0.286. The third-order valence-electron chi connectivity index (χ3n) is 6.11. The number of amides is 1. The molecular formula is C28H30ClNO4S. The molecule has 0 radical (unpaired) electrons. The van der Waals surface area contributed by atoms with Gasteiger partial charge in [-0.05, 0) is 59.4 Å². The molecule has 3 aromatic carbocycles. The Kier molecular flexibility index (Phi) is 8.65. The first-order valence-electron chi connectivity index (χ1n) is 11.3. The summed E-state index contributed by atoms with van der Waals surface area (Å²) < 4.78 is 5.19. The summed E-state index contributed by atoms with van der Waals surface area (Å²) in [5.74, 6) is -0.309. The van der Waals surface area contributed by atoms with Crippen molar-refractivity contribution < 1.29 is 19.4 Å². The van der Waals surface area contributed by atoms with Crippen LogP contribution in [-0.4, -0.2) is 24.1 Å². The fourth-order valence-electron chi connectivity index (χ4n) is 3.97. The fourth-order valence-corrected chi connectivity index (χ4v) is 4.98. The lowest BCUT2D eigenvalue weighted by molar-refractivity contribution is -0.0794. The van der Waals surface area contributed by atoms with Crippen LogP contribution in [0.25, 0.3) is 0 Å². The molecule has 0 saturated carbocycles. The van der Waals surface area contributed by atoms with Gasteiger partial charge in [-0.1, -0.05) is 80.5 Å². The quantitative estimate of drug-likeness (QED) is 0.308. The molecule has 0 fully saturated rings. The molecule has 3 aromatic rings. The zero-order valence-corrected chi connectivity index (χ0v) is 21.6. The van der Waals surface area contributed by atoms with Crippen LogP contribution in [0.5, 0.6) is 0 Å². The molecule has 0 aliphatic rings. The summed E-state index contributed by atoms with van der Waals surface area (Å²) >= 11 is 7.82. The largest absolute Gasteiger partial charge is 0.449 e. The van der Waals surface area contributed by atoms with E-state index in [2.05, 4.69) is 0 Å². The summed E-state index contributed by atoms with van der Waals surface area (Å²) in [7, 11) is 0. The van der Waals surface area contributed by atoms with E-state index in [1.165, 1.54) is 0 Å². The van der Waals surface area contributed by atoms with E-state index in [1.807, 2.05) is 69.3 Å². The normalized spacial score (nSPS) is 14.1. The van der Waals surface area contributed by atoms with Crippen LogP contribution in [0.15, 0.2) is 82.6 Å². The standard InChI is InChI=1S/C28H30ClNO4S/c1-27(2,3)28(33,22-5-4-6-23(29)15-22)16-21(18-34-26(30)32)20-9-13-25(14-10-20)35-24-11-7-19(17-31)8-12-24/h4-15,17,21,33H,16,18H2,1-3H3,(H2,30,32)/t21?,28-/m0/s1. The molecule has 0 aliphatic carbocycles. The van der Waals surface area contributed by atoms with Crippen LogP contribution in [0, 0.1) is 5.41 Å². The Hall–Kier alpha value is -2.80. The Morgan fingerprint density at radius 2 is 1.66 bits per heavy atom.